The van der Waals surface area contributed by atoms with Gasteiger partial charge in [0.1, 0.15) is 11.6 Å². The molecule has 0 bridgehead atoms. The number of halogens is 3. The summed E-state index contributed by atoms with van der Waals surface area (Å²) in [6.07, 6.45) is 1.80. The van der Waals surface area contributed by atoms with Gasteiger partial charge in [0.2, 0.25) is 0 Å². The Labute approximate surface area is 111 Å². The molecule has 0 amide bonds. The predicted octanol–water partition coefficient (Wildman–Crippen LogP) is 4.67. The van der Waals surface area contributed by atoms with Gasteiger partial charge in [-0.05, 0) is 30.3 Å². The number of aromatic nitrogens is 1. The van der Waals surface area contributed by atoms with Crippen molar-refractivity contribution in [2.75, 3.05) is 0 Å². The zero-order valence-corrected chi connectivity index (χ0v) is 10.8. The highest BCUT2D eigenvalue weighted by Gasteiger charge is 2.07. The molecular weight excluding hydrogens is 300 g/mol. The minimum absolute atomic E-state index is 0.473. The van der Waals surface area contributed by atoms with Gasteiger partial charge in [-0.2, -0.15) is 0 Å². The fraction of sp³-hybridized carbons (Fsp3) is 0. The van der Waals surface area contributed by atoms with Crippen LogP contribution in [-0.4, -0.2) is 4.57 Å². The highest BCUT2D eigenvalue weighted by atomic mass is 79.9. The summed E-state index contributed by atoms with van der Waals surface area (Å²) in [4.78, 5) is 0. The van der Waals surface area contributed by atoms with Crippen molar-refractivity contribution in [1.29, 1.82) is 0 Å². The molecule has 0 aliphatic heterocycles. The van der Waals surface area contributed by atoms with Gasteiger partial charge in [-0.3, -0.25) is 0 Å². The van der Waals surface area contributed by atoms with Crippen LogP contribution in [-0.2, 0) is 0 Å². The fourth-order valence-corrected chi connectivity index (χ4v) is 2.52. The lowest BCUT2D eigenvalue weighted by Gasteiger charge is -2.06. The zero-order valence-electron chi connectivity index (χ0n) is 9.20. The van der Waals surface area contributed by atoms with Crippen LogP contribution in [0.5, 0.6) is 0 Å². The van der Waals surface area contributed by atoms with E-state index in [1.54, 1.807) is 10.8 Å². The second-order valence-electron chi connectivity index (χ2n) is 3.99. The second kappa shape index (κ2) is 4.21. The molecule has 1 nitrogen and oxygen atoms in total. The van der Waals surface area contributed by atoms with Gasteiger partial charge in [0.15, 0.2) is 0 Å². The third kappa shape index (κ3) is 1.82. The fourth-order valence-electron chi connectivity index (χ4n) is 2.03. The van der Waals surface area contributed by atoms with E-state index in [9.17, 15) is 8.78 Å². The maximum absolute atomic E-state index is 13.2. The Bertz CT molecular complexity index is 713. The molecule has 90 valence electrons. The standard InChI is InChI=1S/C14H8BrF2N/c15-13-2-1-3-14-12(13)4-5-18(14)11-7-9(16)6-10(17)8-11/h1-8H. The molecule has 0 aliphatic rings. The highest BCUT2D eigenvalue weighted by molar-refractivity contribution is 9.10. The molecule has 0 saturated carbocycles. The van der Waals surface area contributed by atoms with Crippen LogP contribution in [0.2, 0.25) is 0 Å². The van der Waals surface area contributed by atoms with E-state index in [4.69, 9.17) is 0 Å². The van der Waals surface area contributed by atoms with E-state index in [2.05, 4.69) is 15.9 Å². The largest absolute Gasteiger partial charge is 0.316 e. The summed E-state index contributed by atoms with van der Waals surface area (Å²) >= 11 is 3.45. The molecule has 0 spiro atoms. The van der Waals surface area contributed by atoms with E-state index in [0.29, 0.717) is 5.69 Å². The molecule has 0 fully saturated rings. The zero-order chi connectivity index (χ0) is 12.7. The van der Waals surface area contributed by atoms with E-state index in [-0.39, 0.29) is 0 Å². The first kappa shape index (κ1) is 11.4. The molecule has 18 heavy (non-hydrogen) atoms. The number of hydrogen-bond donors (Lipinski definition) is 0. The molecule has 1 aromatic heterocycles. The Hall–Kier alpha value is -1.68. The highest BCUT2D eigenvalue weighted by Crippen LogP contribution is 2.27. The molecule has 4 heteroatoms. The van der Waals surface area contributed by atoms with E-state index in [1.165, 1.54) is 12.1 Å². The van der Waals surface area contributed by atoms with E-state index < -0.39 is 11.6 Å². The lowest BCUT2D eigenvalue weighted by Crippen LogP contribution is -1.94. The Morgan fingerprint density at radius 3 is 2.39 bits per heavy atom. The Morgan fingerprint density at radius 2 is 1.67 bits per heavy atom. The number of fused-ring (bicyclic) bond motifs is 1. The Kier molecular flexibility index (Phi) is 2.67. The van der Waals surface area contributed by atoms with Crippen LogP contribution in [0.25, 0.3) is 16.6 Å². The molecule has 0 N–H and O–H groups in total. The molecule has 2 aromatic carbocycles. The van der Waals surface area contributed by atoms with E-state index in [0.717, 1.165) is 21.4 Å². The van der Waals surface area contributed by atoms with Crippen LogP contribution in [0, 0.1) is 11.6 Å². The van der Waals surface area contributed by atoms with Gasteiger partial charge in [0.25, 0.3) is 0 Å². The lowest BCUT2D eigenvalue weighted by molar-refractivity contribution is 0.582. The molecule has 0 atom stereocenters. The quantitative estimate of drug-likeness (QED) is 0.615. The number of rotatable bonds is 1. The molecule has 3 rings (SSSR count). The summed E-state index contributed by atoms with van der Waals surface area (Å²) in [7, 11) is 0. The number of nitrogens with zero attached hydrogens (tertiary/aromatic N) is 1. The molecule has 0 unspecified atom stereocenters. The first-order chi connectivity index (χ1) is 8.65. The first-order valence-electron chi connectivity index (χ1n) is 5.37. The van der Waals surface area contributed by atoms with Gasteiger partial charge < -0.3 is 4.57 Å². The molecule has 0 radical (unpaired) electrons. The van der Waals surface area contributed by atoms with Crippen LogP contribution in [0.1, 0.15) is 0 Å². The summed E-state index contributed by atoms with van der Waals surface area (Å²) in [5.41, 5.74) is 1.37. The average molecular weight is 308 g/mol. The van der Waals surface area contributed by atoms with Gasteiger partial charge >= 0.3 is 0 Å². The monoisotopic (exact) mass is 307 g/mol. The molecule has 0 saturated heterocycles. The van der Waals surface area contributed by atoms with Gasteiger partial charge in [-0.15, -0.1) is 0 Å². The SMILES string of the molecule is Fc1cc(F)cc(-n2ccc3c(Br)cccc32)c1. The topological polar surface area (TPSA) is 4.93 Å². The summed E-state index contributed by atoms with van der Waals surface area (Å²) < 4.78 is 29.2. The molecule has 3 aromatic rings. The Morgan fingerprint density at radius 1 is 0.944 bits per heavy atom. The smallest absolute Gasteiger partial charge is 0.128 e. The minimum atomic E-state index is -0.582. The van der Waals surface area contributed by atoms with Crippen molar-refractivity contribution in [3.05, 3.63) is 64.8 Å². The molecule has 0 aliphatic carbocycles. The van der Waals surface area contributed by atoms with Crippen molar-refractivity contribution in [1.82, 2.24) is 4.57 Å². The molecular formula is C14H8BrF2N. The number of hydrogen-bond acceptors (Lipinski definition) is 0. The van der Waals surface area contributed by atoms with E-state index >= 15 is 0 Å². The van der Waals surface area contributed by atoms with Crippen LogP contribution in [0.3, 0.4) is 0 Å². The van der Waals surface area contributed by atoms with Crippen LogP contribution < -0.4 is 0 Å². The van der Waals surface area contributed by atoms with Gasteiger partial charge in [0, 0.05) is 22.1 Å². The van der Waals surface area contributed by atoms with Crippen molar-refractivity contribution in [2.24, 2.45) is 0 Å². The third-order valence-corrected chi connectivity index (χ3v) is 3.50. The summed E-state index contributed by atoms with van der Waals surface area (Å²) in [6.45, 7) is 0. The molecule has 1 heterocycles. The van der Waals surface area contributed by atoms with Crippen LogP contribution in [0.4, 0.5) is 8.78 Å². The summed E-state index contributed by atoms with van der Waals surface area (Å²) in [5.74, 6) is -1.16. The van der Waals surface area contributed by atoms with Crippen molar-refractivity contribution in [2.45, 2.75) is 0 Å². The first-order valence-corrected chi connectivity index (χ1v) is 6.16. The maximum atomic E-state index is 13.2. The maximum Gasteiger partial charge on any atom is 0.128 e. The second-order valence-corrected chi connectivity index (χ2v) is 4.84. The van der Waals surface area contributed by atoms with Gasteiger partial charge in [0.05, 0.1) is 11.2 Å². The van der Waals surface area contributed by atoms with Crippen molar-refractivity contribution >= 4 is 26.8 Å². The minimum Gasteiger partial charge on any atom is -0.316 e. The number of benzene rings is 2. The van der Waals surface area contributed by atoms with Gasteiger partial charge in [-0.25, -0.2) is 8.78 Å². The summed E-state index contributed by atoms with van der Waals surface area (Å²) in [6, 6.07) is 11.1. The van der Waals surface area contributed by atoms with Crippen LogP contribution >= 0.6 is 15.9 Å². The van der Waals surface area contributed by atoms with E-state index in [1.807, 2.05) is 24.3 Å². The summed E-state index contributed by atoms with van der Waals surface area (Å²) in [5, 5.41) is 1.00. The third-order valence-electron chi connectivity index (χ3n) is 2.81. The predicted molar refractivity (Wildman–Crippen MR) is 70.9 cm³/mol. The lowest BCUT2D eigenvalue weighted by atomic mass is 10.2. The normalized spacial score (nSPS) is 11.1. The van der Waals surface area contributed by atoms with Crippen molar-refractivity contribution < 1.29 is 8.78 Å². The Balaban J connectivity index is 2.29. The van der Waals surface area contributed by atoms with Gasteiger partial charge in [-0.1, -0.05) is 22.0 Å². The van der Waals surface area contributed by atoms with Crippen molar-refractivity contribution in [3.63, 3.8) is 0 Å². The van der Waals surface area contributed by atoms with Crippen molar-refractivity contribution in [3.8, 4) is 5.69 Å². The average Bonchev–Trinajstić information content (AvgIpc) is 2.73. The van der Waals surface area contributed by atoms with Crippen LogP contribution in [0.15, 0.2) is 53.1 Å².